The highest BCUT2D eigenvalue weighted by Crippen LogP contribution is 2.33. The van der Waals surface area contributed by atoms with E-state index in [1.807, 2.05) is 41.8 Å². The molecule has 0 N–H and O–H groups in total. The monoisotopic (exact) mass is 512 g/mol. The summed E-state index contributed by atoms with van der Waals surface area (Å²) in [6.07, 6.45) is 1.41. The van der Waals surface area contributed by atoms with Crippen LogP contribution in [-0.4, -0.2) is 26.8 Å². The van der Waals surface area contributed by atoms with E-state index in [0.29, 0.717) is 22.1 Å². The first-order valence-corrected chi connectivity index (χ1v) is 12.0. The number of anilines is 2. The van der Waals surface area contributed by atoms with Gasteiger partial charge in [0.25, 0.3) is 17.5 Å². The summed E-state index contributed by atoms with van der Waals surface area (Å²) >= 11 is 6.87. The second-order valence-corrected chi connectivity index (χ2v) is 8.89. The van der Waals surface area contributed by atoms with Crippen LogP contribution in [0.3, 0.4) is 0 Å². The van der Waals surface area contributed by atoms with Gasteiger partial charge in [-0.1, -0.05) is 48.5 Å². The summed E-state index contributed by atoms with van der Waals surface area (Å²) in [5.74, 6) is -1.21. The van der Waals surface area contributed by atoms with E-state index in [2.05, 4.69) is 4.98 Å². The number of rotatable bonds is 5. The van der Waals surface area contributed by atoms with Crippen LogP contribution < -0.4 is 9.80 Å². The fourth-order valence-electron chi connectivity index (χ4n) is 3.67. The molecule has 1 aromatic heterocycles. The molecule has 5 rings (SSSR count). The Morgan fingerprint density at radius 1 is 0.861 bits per heavy atom. The molecule has 8 nitrogen and oxygen atoms in total. The molecule has 0 aliphatic carbocycles. The first kappa shape index (κ1) is 23.2. The first-order valence-electron chi connectivity index (χ1n) is 10.7. The predicted molar refractivity (Wildman–Crippen MR) is 143 cm³/mol. The highest BCUT2D eigenvalue weighted by atomic mass is 32.1. The van der Waals surface area contributed by atoms with Crippen LogP contribution in [-0.2, 0) is 9.59 Å². The molecule has 0 bridgehead atoms. The number of thiazole rings is 1. The van der Waals surface area contributed by atoms with Gasteiger partial charge in [-0.05, 0) is 48.1 Å². The van der Waals surface area contributed by atoms with Crippen molar-refractivity contribution in [3.8, 4) is 11.3 Å². The number of hydrogen-bond donors (Lipinski definition) is 0. The van der Waals surface area contributed by atoms with Gasteiger partial charge in [-0.15, -0.1) is 11.3 Å². The Morgan fingerprint density at radius 2 is 1.47 bits per heavy atom. The van der Waals surface area contributed by atoms with E-state index in [9.17, 15) is 19.7 Å². The van der Waals surface area contributed by atoms with Crippen molar-refractivity contribution in [2.45, 2.75) is 0 Å². The lowest BCUT2D eigenvalue weighted by atomic mass is 10.1. The Labute approximate surface area is 214 Å². The molecule has 1 saturated heterocycles. The number of thiocarbonyl (C=S) groups is 1. The minimum Gasteiger partial charge on any atom is -0.268 e. The van der Waals surface area contributed by atoms with Gasteiger partial charge >= 0.3 is 0 Å². The number of carbonyl (C=O) groups is 2. The van der Waals surface area contributed by atoms with E-state index in [4.69, 9.17) is 12.2 Å². The molecule has 36 heavy (non-hydrogen) atoms. The second kappa shape index (κ2) is 9.61. The predicted octanol–water partition coefficient (Wildman–Crippen LogP) is 5.47. The molecule has 0 atom stereocenters. The van der Waals surface area contributed by atoms with Crippen molar-refractivity contribution in [3.63, 3.8) is 0 Å². The van der Waals surface area contributed by atoms with Crippen LogP contribution in [0.25, 0.3) is 17.3 Å². The molecule has 176 valence electrons. The van der Waals surface area contributed by atoms with E-state index < -0.39 is 16.7 Å². The number of nitro groups is 1. The zero-order valence-electron chi connectivity index (χ0n) is 18.5. The molecule has 1 fully saturated rings. The molecule has 4 aromatic rings. The van der Waals surface area contributed by atoms with Crippen LogP contribution in [0.4, 0.5) is 16.5 Å². The second-order valence-electron chi connectivity index (χ2n) is 7.69. The van der Waals surface area contributed by atoms with E-state index >= 15 is 0 Å². The quantitative estimate of drug-likeness (QED) is 0.116. The fourth-order valence-corrected chi connectivity index (χ4v) is 4.92. The summed E-state index contributed by atoms with van der Waals surface area (Å²) in [5, 5.41) is 13.1. The molecule has 0 radical (unpaired) electrons. The van der Waals surface area contributed by atoms with Crippen molar-refractivity contribution >= 4 is 63.1 Å². The van der Waals surface area contributed by atoms with Crippen LogP contribution >= 0.6 is 23.6 Å². The summed E-state index contributed by atoms with van der Waals surface area (Å²) < 4.78 is 0. The molecular weight excluding hydrogens is 496 g/mol. The van der Waals surface area contributed by atoms with Crippen molar-refractivity contribution in [3.05, 3.63) is 112 Å². The average molecular weight is 513 g/mol. The lowest BCUT2D eigenvalue weighted by molar-refractivity contribution is -0.384. The van der Waals surface area contributed by atoms with E-state index in [-0.39, 0.29) is 16.4 Å². The van der Waals surface area contributed by atoms with Gasteiger partial charge in [-0.2, -0.15) is 0 Å². The minimum atomic E-state index is -0.621. The SMILES string of the molecule is O=C1C(=Cc2ccc([N+](=O)[O-])cc2)C(=O)N(c2nc(-c3ccccc3)cs2)C(=S)N1c1ccccc1. The standard InChI is InChI=1S/C26H16N4O4S2/c31-23-21(15-17-11-13-20(14-12-17)30(33)34)24(32)29(26(35)28(23)19-9-5-2-6-10-19)25-27-22(16-36-25)18-7-3-1-4-8-18/h1-16H. The Hall–Kier alpha value is -4.54. The highest BCUT2D eigenvalue weighted by Gasteiger charge is 2.42. The van der Waals surface area contributed by atoms with Gasteiger partial charge in [0.05, 0.1) is 16.3 Å². The van der Waals surface area contributed by atoms with Gasteiger partial charge in [0, 0.05) is 23.1 Å². The first-order chi connectivity index (χ1) is 17.4. The van der Waals surface area contributed by atoms with Gasteiger partial charge in [0.2, 0.25) is 0 Å². The number of amides is 2. The van der Waals surface area contributed by atoms with Crippen LogP contribution in [0.15, 0.2) is 95.9 Å². The Bertz CT molecular complexity index is 1520. The van der Waals surface area contributed by atoms with Gasteiger partial charge in [-0.3, -0.25) is 24.6 Å². The maximum Gasteiger partial charge on any atom is 0.272 e. The lowest BCUT2D eigenvalue weighted by Gasteiger charge is -2.35. The lowest BCUT2D eigenvalue weighted by Crippen LogP contribution is -2.56. The number of aromatic nitrogens is 1. The number of para-hydroxylation sites is 1. The third-order valence-electron chi connectivity index (χ3n) is 5.43. The van der Waals surface area contributed by atoms with Crippen molar-refractivity contribution < 1.29 is 14.5 Å². The smallest absolute Gasteiger partial charge is 0.268 e. The van der Waals surface area contributed by atoms with Gasteiger partial charge in [-0.25, -0.2) is 9.88 Å². The van der Waals surface area contributed by atoms with E-state index in [1.54, 1.807) is 24.3 Å². The van der Waals surface area contributed by atoms with Gasteiger partial charge in [0.1, 0.15) is 5.57 Å². The van der Waals surface area contributed by atoms with Crippen molar-refractivity contribution in [1.29, 1.82) is 0 Å². The van der Waals surface area contributed by atoms with Crippen molar-refractivity contribution in [2.24, 2.45) is 0 Å². The van der Waals surface area contributed by atoms with Crippen LogP contribution in [0.1, 0.15) is 5.56 Å². The maximum absolute atomic E-state index is 13.6. The molecule has 10 heteroatoms. The molecule has 2 heterocycles. The summed E-state index contributed by atoms with van der Waals surface area (Å²) in [6.45, 7) is 0. The summed E-state index contributed by atoms with van der Waals surface area (Å²) in [6, 6.07) is 23.9. The number of benzene rings is 3. The normalized spacial score (nSPS) is 15.0. The maximum atomic E-state index is 13.6. The summed E-state index contributed by atoms with van der Waals surface area (Å²) in [4.78, 5) is 44.8. The number of non-ortho nitro benzene ring substituents is 1. The molecule has 3 aromatic carbocycles. The third-order valence-corrected chi connectivity index (χ3v) is 6.62. The molecule has 2 amide bonds. The molecule has 1 aliphatic rings. The third kappa shape index (κ3) is 4.30. The topological polar surface area (TPSA) is 96.6 Å². The zero-order chi connectivity index (χ0) is 25.2. The van der Waals surface area contributed by atoms with E-state index in [1.165, 1.54) is 51.5 Å². The molecular formula is C26H16N4O4S2. The Kier molecular flexibility index (Phi) is 6.19. The highest BCUT2D eigenvalue weighted by molar-refractivity contribution is 7.81. The minimum absolute atomic E-state index is 0.00832. The van der Waals surface area contributed by atoms with Crippen LogP contribution in [0.5, 0.6) is 0 Å². The number of hydrogen-bond acceptors (Lipinski definition) is 7. The Morgan fingerprint density at radius 3 is 2.11 bits per heavy atom. The van der Waals surface area contributed by atoms with E-state index in [0.717, 1.165) is 5.56 Å². The molecule has 1 aliphatic heterocycles. The number of carbonyl (C=O) groups excluding carboxylic acids is 2. The molecule has 0 unspecified atom stereocenters. The fraction of sp³-hybridized carbons (Fsp3) is 0. The average Bonchev–Trinajstić information content (AvgIpc) is 3.38. The van der Waals surface area contributed by atoms with Crippen molar-refractivity contribution in [2.75, 3.05) is 9.80 Å². The number of nitro benzene ring substituents is 1. The van der Waals surface area contributed by atoms with Gasteiger partial charge < -0.3 is 0 Å². The summed E-state index contributed by atoms with van der Waals surface area (Å²) in [5.41, 5.74) is 2.28. The molecule has 0 saturated carbocycles. The summed E-state index contributed by atoms with van der Waals surface area (Å²) in [7, 11) is 0. The molecule has 0 spiro atoms. The Balaban J connectivity index is 1.60. The zero-order valence-corrected chi connectivity index (χ0v) is 20.1. The van der Waals surface area contributed by atoms with Crippen molar-refractivity contribution in [1.82, 2.24) is 4.98 Å². The van der Waals surface area contributed by atoms with Crippen LogP contribution in [0, 0.1) is 10.1 Å². The largest absolute Gasteiger partial charge is 0.272 e. The van der Waals surface area contributed by atoms with Gasteiger partial charge in [0.15, 0.2) is 10.2 Å². The van der Waals surface area contributed by atoms with Crippen LogP contribution in [0.2, 0.25) is 0 Å². The number of nitrogens with zero attached hydrogens (tertiary/aromatic N) is 4.